The second-order valence-corrected chi connectivity index (χ2v) is 5.97. The van der Waals surface area contributed by atoms with Crippen LogP contribution in [-0.4, -0.2) is 16.2 Å². The first-order valence-corrected chi connectivity index (χ1v) is 8.22. The van der Waals surface area contributed by atoms with E-state index < -0.39 is 12.1 Å². The molecule has 0 amide bonds. The number of thiophene rings is 1. The van der Waals surface area contributed by atoms with Crippen molar-refractivity contribution in [2.75, 3.05) is 0 Å². The molecule has 0 saturated heterocycles. The van der Waals surface area contributed by atoms with Crippen molar-refractivity contribution in [2.24, 2.45) is 0 Å². The van der Waals surface area contributed by atoms with Crippen LogP contribution in [0.15, 0.2) is 46.2 Å². The molecule has 0 N–H and O–H groups in total. The van der Waals surface area contributed by atoms with Crippen LogP contribution in [0.25, 0.3) is 10.8 Å². The minimum atomic E-state index is -0.602. The molecule has 118 valence electrons. The summed E-state index contributed by atoms with van der Waals surface area (Å²) in [6.45, 7) is 3.78. The predicted octanol–water partition coefficient (Wildman–Crippen LogP) is 4.28. The van der Waals surface area contributed by atoms with Gasteiger partial charge in [-0.25, -0.2) is 4.79 Å². The number of esters is 1. The van der Waals surface area contributed by atoms with Gasteiger partial charge in [0.2, 0.25) is 0 Å². The predicted molar refractivity (Wildman–Crippen MR) is 87.3 cm³/mol. The number of aromatic nitrogens is 2. The Hall–Kier alpha value is -2.47. The topological polar surface area (TPSA) is 65.2 Å². The SMILES string of the molecule is CCc1ccc(C(=O)O[C@@H](C)c2nnc(-c3cccs3)o2)cc1. The van der Waals surface area contributed by atoms with Crippen LogP contribution in [0, 0.1) is 0 Å². The maximum absolute atomic E-state index is 12.2. The van der Waals surface area contributed by atoms with Crippen LogP contribution in [0.3, 0.4) is 0 Å². The molecule has 3 rings (SSSR count). The summed E-state index contributed by atoms with van der Waals surface area (Å²) in [6.07, 6.45) is 0.328. The van der Waals surface area contributed by atoms with Gasteiger partial charge in [0, 0.05) is 0 Å². The van der Waals surface area contributed by atoms with Crippen molar-refractivity contribution in [3.8, 4) is 10.8 Å². The number of benzene rings is 1. The molecule has 0 bridgehead atoms. The number of carbonyl (C=O) groups excluding carboxylic acids is 1. The molecule has 23 heavy (non-hydrogen) atoms. The average molecular weight is 328 g/mol. The van der Waals surface area contributed by atoms with Gasteiger partial charge in [-0.2, -0.15) is 0 Å². The number of ether oxygens (including phenoxy) is 1. The first kappa shape index (κ1) is 15.4. The van der Waals surface area contributed by atoms with Crippen LogP contribution in [0.1, 0.15) is 41.8 Å². The molecule has 0 aliphatic rings. The van der Waals surface area contributed by atoms with Crippen LogP contribution < -0.4 is 0 Å². The fourth-order valence-corrected chi connectivity index (χ4v) is 2.70. The van der Waals surface area contributed by atoms with E-state index in [9.17, 15) is 4.79 Å². The van der Waals surface area contributed by atoms with Crippen molar-refractivity contribution in [1.29, 1.82) is 0 Å². The number of rotatable bonds is 5. The molecule has 0 aliphatic carbocycles. The van der Waals surface area contributed by atoms with E-state index in [0.29, 0.717) is 11.5 Å². The second kappa shape index (κ2) is 6.75. The van der Waals surface area contributed by atoms with Gasteiger partial charge in [-0.15, -0.1) is 21.5 Å². The van der Waals surface area contributed by atoms with Crippen LogP contribution >= 0.6 is 11.3 Å². The van der Waals surface area contributed by atoms with Crippen molar-refractivity contribution in [3.05, 3.63) is 58.8 Å². The van der Waals surface area contributed by atoms with E-state index in [4.69, 9.17) is 9.15 Å². The third-order valence-corrected chi connectivity index (χ3v) is 4.26. The van der Waals surface area contributed by atoms with Gasteiger partial charge in [-0.3, -0.25) is 0 Å². The molecule has 2 aromatic heterocycles. The Kier molecular flexibility index (Phi) is 4.52. The molecular formula is C17H16N2O3S. The van der Waals surface area contributed by atoms with Gasteiger partial charge in [0.05, 0.1) is 10.4 Å². The number of aryl methyl sites for hydroxylation is 1. The van der Waals surface area contributed by atoms with E-state index in [0.717, 1.165) is 11.3 Å². The molecule has 5 nitrogen and oxygen atoms in total. The highest BCUT2D eigenvalue weighted by molar-refractivity contribution is 7.13. The molecular weight excluding hydrogens is 312 g/mol. The molecule has 1 atom stereocenters. The Balaban J connectivity index is 1.68. The van der Waals surface area contributed by atoms with Crippen molar-refractivity contribution >= 4 is 17.3 Å². The second-order valence-electron chi connectivity index (χ2n) is 5.02. The third kappa shape index (κ3) is 3.48. The molecule has 0 unspecified atom stereocenters. The smallest absolute Gasteiger partial charge is 0.338 e. The first-order valence-electron chi connectivity index (χ1n) is 7.34. The van der Waals surface area contributed by atoms with Crippen LogP contribution in [-0.2, 0) is 11.2 Å². The lowest BCUT2D eigenvalue weighted by atomic mass is 10.1. The van der Waals surface area contributed by atoms with Crippen LogP contribution in [0.5, 0.6) is 0 Å². The van der Waals surface area contributed by atoms with Crippen molar-refractivity contribution < 1.29 is 13.9 Å². The first-order chi connectivity index (χ1) is 11.2. The Labute approximate surface area is 137 Å². The Morgan fingerprint density at radius 2 is 2.04 bits per heavy atom. The van der Waals surface area contributed by atoms with E-state index in [1.807, 2.05) is 29.6 Å². The fraction of sp³-hybridized carbons (Fsp3) is 0.235. The molecule has 1 aromatic carbocycles. The largest absolute Gasteiger partial charge is 0.449 e. The summed E-state index contributed by atoms with van der Waals surface area (Å²) in [6, 6.07) is 11.2. The zero-order valence-electron chi connectivity index (χ0n) is 12.9. The molecule has 6 heteroatoms. The highest BCUT2D eigenvalue weighted by Crippen LogP contribution is 2.26. The quantitative estimate of drug-likeness (QED) is 0.654. The van der Waals surface area contributed by atoms with Crippen LogP contribution in [0.2, 0.25) is 0 Å². The van der Waals surface area contributed by atoms with Crippen LogP contribution in [0.4, 0.5) is 0 Å². The highest BCUT2D eigenvalue weighted by Gasteiger charge is 2.20. The molecule has 2 heterocycles. The van der Waals surface area contributed by atoms with E-state index >= 15 is 0 Å². The maximum Gasteiger partial charge on any atom is 0.338 e. The van der Waals surface area contributed by atoms with Gasteiger partial charge in [0.25, 0.3) is 11.8 Å². The van der Waals surface area contributed by atoms with Crippen molar-refractivity contribution in [1.82, 2.24) is 10.2 Å². The van der Waals surface area contributed by atoms with Gasteiger partial charge in [0.15, 0.2) is 6.10 Å². The van der Waals surface area contributed by atoms with Gasteiger partial charge < -0.3 is 9.15 Å². The fourth-order valence-electron chi connectivity index (χ4n) is 2.05. The van der Waals surface area contributed by atoms with E-state index in [1.165, 1.54) is 16.9 Å². The lowest BCUT2D eigenvalue weighted by Crippen LogP contribution is -2.09. The van der Waals surface area contributed by atoms with Gasteiger partial charge in [-0.1, -0.05) is 25.1 Å². The third-order valence-electron chi connectivity index (χ3n) is 3.40. The Morgan fingerprint density at radius 1 is 1.26 bits per heavy atom. The molecule has 0 saturated carbocycles. The van der Waals surface area contributed by atoms with Crippen molar-refractivity contribution in [3.63, 3.8) is 0 Å². The molecule has 3 aromatic rings. The number of hydrogen-bond acceptors (Lipinski definition) is 6. The van der Waals surface area contributed by atoms with E-state index in [2.05, 4.69) is 17.1 Å². The maximum atomic E-state index is 12.2. The van der Waals surface area contributed by atoms with Gasteiger partial charge >= 0.3 is 5.97 Å². The average Bonchev–Trinajstić information content (AvgIpc) is 3.25. The zero-order chi connectivity index (χ0) is 16.2. The minimum Gasteiger partial charge on any atom is -0.449 e. The summed E-state index contributed by atoms with van der Waals surface area (Å²) in [5.74, 6) is 0.313. The standard InChI is InChI=1S/C17H16N2O3S/c1-3-12-6-8-13(9-7-12)17(20)21-11(2)15-18-19-16(22-15)14-5-4-10-23-14/h4-11H,3H2,1-2H3/t11-/m0/s1. The number of hydrogen-bond donors (Lipinski definition) is 0. The summed E-state index contributed by atoms with van der Waals surface area (Å²) in [4.78, 5) is 13.0. The van der Waals surface area contributed by atoms with E-state index in [1.54, 1.807) is 19.1 Å². The summed E-state index contributed by atoms with van der Waals surface area (Å²) in [5, 5.41) is 9.88. The molecule has 0 radical (unpaired) electrons. The minimum absolute atomic E-state index is 0.284. The highest BCUT2D eigenvalue weighted by atomic mass is 32.1. The zero-order valence-corrected chi connectivity index (χ0v) is 13.7. The monoisotopic (exact) mass is 328 g/mol. The summed E-state index contributed by atoms with van der Waals surface area (Å²) in [5.41, 5.74) is 1.68. The summed E-state index contributed by atoms with van der Waals surface area (Å²) < 4.78 is 11.0. The molecule has 0 aliphatic heterocycles. The lowest BCUT2D eigenvalue weighted by Gasteiger charge is -2.09. The number of carbonyl (C=O) groups is 1. The van der Waals surface area contributed by atoms with Gasteiger partial charge in [0.1, 0.15) is 0 Å². The Morgan fingerprint density at radius 3 is 2.70 bits per heavy atom. The molecule has 0 fully saturated rings. The summed E-state index contributed by atoms with van der Waals surface area (Å²) in [7, 11) is 0. The number of nitrogens with zero attached hydrogens (tertiary/aromatic N) is 2. The van der Waals surface area contributed by atoms with Gasteiger partial charge in [-0.05, 0) is 42.5 Å². The normalized spacial score (nSPS) is 12.1. The summed E-state index contributed by atoms with van der Waals surface area (Å²) >= 11 is 1.51. The van der Waals surface area contributed by atoms with Crippen molar-refractivity contribution in [2.45, 2.75) is 26.4 Å². The van der Waals surface area contributed by atoms with E-state index in [-0.39, 0.29) is 5.89 Å². The molecule has 0 spiro atoms. The Bertz CT molecular complexity index is 779. The lowest BCUT2D eigenvalue weighted by molar-refractivity contribution is 0.0280.